The summed E-state index contributed by atoms with van der Waals surface area (Å²) in [4.78, 5) is 0. The second-order valence-corrected chi connectivity index (χ2v) is 6.33. The third-order valence-corrected chi connectivity index (χ3v) is 4.37. The molecular weight excluding hydrogens is 246 g/mol. The van der Waals surface area contributed by atoms with Gasteiger partial charge in [-0.15, -0.1) is 0 Å². The molecular formula is C18H29NO. The second-order valence-electron chi connectivity index (χ2n) is 6.33. The predicted octanol–water partition coefficient (Wildman–Crippen LogP) is 4.56. The van der Waals surface area contributed by atoms with Gasteiger partial charge >= 0.3 is 0 Å². The maximum Gasteiger partial charge on any atom is 0.119 e. The van der Waals surface area contributed by atoms with Gasteiger partial charge in [-0.25, -0.2) is 0 Å². The van der Waals surface area contributed by atoms with E-state index >= 15 is 0 Å². The van der Waals surface area contributed by atoms with E-state index in [-0.39, 0.29) is 0 Å². The lowest BCUT2D eigenvalue weighted by atomic mass is 10.0. The molecule has 2 nitrogen and oxygen atoms in total. The summed E-state index contributed by atoms with van der Waals surface area (Å²) < 4.78 is 5.62. The molecule has 2 rings (SSSR count). The van der Waals surface area contributed by atoms with Gasteiger partial charge in [0.1, 0.15) is 5.75 Å². The van der Waals surface area contributed by atoms with Crippen LogP contribution in [0.3, 0.4) is 0 Å². The Morgan fingerprint density at radius 2 is 2.00 bits per heavy atom. The van der Waals surface area contributed by atoms with Crippen LogP contribution in [0.15, 0.2) is 24.3 Å². The number of benzene rings is 1. The van der Waals surface area contributed by atoms with E-state index in [1.54, 1.807) is 0 Å². The molecule has 20 heavy (non-hydrogen) atoms. The average molecular weight is 275 g/mol. The number of nitrogens with one attached hydrogen (secondary N) is 1. The van der Waals surface area contributed by atoms with Gasteiger partial charge in [-0.1, -0.05) is 32.4 Å². The molecule has 2 heteroatoms. The second kappa shape index (κ2) is 7.68. The summed E-state index contributed by atoms with van der Waals surface area (Å²) in [5.74, 6) is 2.78. The lowest BCUT2D eigenvalue weighted by Gasteiger charge is -2.18. The summed E-state index contributed by atoms with van der Waals surface area (Å²) in [6, 6.07) is 8.95. The van der Waals surface area contributed by atoms with Crippen molar-refractivity contribution in [3.05, 3.63) is 29.8 Å². The first-order valence-corrected chi connectivity index (χ1v) is 8.15. The normalized spacial score (nSPS) is 23.8. The first kappa shape index (κ1) is 15.4. The van der Waals surface area contributed by atoms with E-state index in [0.717, 1.165) is 37.2 Å². The van der Waals surface area contributed by atoms with Crippen molar-refractivity contribution in [2.24, 2.45) is 11.8 Å². The zero-order valence-corrected chi connectivity index (χ0v) is 13.2. The first-order chi connectivity index (χ1) is 9.69. The van der Waals surface area contributed by atoms with Crippen LogP contribution in [0.25, 0.3) is 0 Å². The van der Waals surface area contributed by atoms with Gasteiger partial charge in [0.2, 0.25) is 0 Å². The van der Waals surface area contributed by atoms with E-state index in [1.165, 1.54) is 24.8 Å². The lowest BCUT2D eigenvalue weighted by Crippen LogP contribution is -2.24. The molecule has 0 heterocycles. The molecule has 0 saturated heterocycles. The Morgan fingerprint density at radius 1 is 1.25 bits per heavy atom. The number of ether oxygens (including phenoxy) is 1. The Kier molecular flexibility index (Phi) is 5.90. The van der Waals surface area contributed by atoms with Crippen LogP contribution in [0.2, 0.25) is 0 Å². The molecule has 1 aromatic rings. The van der Waals surface area contributed by atoms with Crippen molar-refractivity contribution < 1.29 is 4.74 Å². The first-order valence-electron chi connectivity index (χ1n) is 8.15. The standard InChI is InChI=1S/C18H29NO/c1-4-11-20-18-9-7-17(8-10-18)15(3)19-13-16-6-5-14(2)12-16/h7-10,14-16,19H,4-6,11-13H2,1-3H3. The van der Waals surface area contributed by atoms with E-state index in [2.05, 4.69) is 50.4 Å². The minimum atomic E-state index is 0.422. The summed E-state index contributed by atoms with van der Waals surface area (Å²) in [6.07, 6.45) is 5.25. The molecule has 0 amide bonds. The van der Waals surface area contributed by atoms with Crippen molar-refractivity contribution in [3.8, 4) is 5.75 Å². The maximum absolute atomic E-state index is 5.62. The summed E-state index contributed by atoms with van der Waals surface area (Å²) >= 11 is 0. The smallest absolute Gasteiger partial charge is 0.119 e. The van der Waals surface area contributed by atoms with Gasteiger partial charge < -0.3 is 10.1 Å². The van der Waals surface area contributed by atoms with Crippen LogP contribution in [0.1, 0.15) is 58.1 Å². The molecule has 3 unspecified atom stereocenters. The SMILES string of the molecule is CCCOc1ccc(C(C)NCC2CCC(C)C2)cc1. The van der Waals surface area contributed by atoms with Crippen LogP contribution in [0.4, 0.5) is 0 Å². The van der Waals surface area contributed by atoms with Crippen LogP contribution < -0.4 is 10.1 Å². The Morgan fingerprint density at radius 3 is 2.60 bits per heavy atom. The maximum atomic E-state index is 5.62. The Bertz CT molecular complexity index is 387. The molecule has 1 saturated carbocycles. The van der Waals surface area contributed by atoms with Crippen molar-refractivity contribution in [2.45, 2.75) is 52.5 Å². The summed E-state index contributed by atoms with van der Waals surface area (Å²) in [5, 5.41) is 3.68. The van der Waals surface area contributed by atoms with Gasteiger partial charge in [-0.2, -0.15) is 0 Å². The molecule has 0 bridgehead atoms. The topological polar surface area (TPSA) is 21.3 Å². The fraction of sp³-hybridized carbons (Fsp3) is 0.667. The summed E-state index contributed by atoms with van der Waals surface area (Å²) in [5.41, 5.74) is 1.35. The van der Waals surface area contributed by atoms with Crippen LogP contribution in [-0.2, 0) is 0 Å². The van der Waals surface area contributed by atoms with Gasteiger partial charge in [0, 0.05) is 6.04 Å². The summed E-state index contributed by atoms with van der Waals surface area (Å²) in [6.45, 7) is 8.70. The van der Waals surface area contributed by atoms with E-state index in [0.29, 0.717) is 6.04 Å². The molecule has 112 valence electrons. The molecule has 1 aliphatic rings. The predicted molar refractivity (Wildman–Crippen MR) is 85.2 cm³/mol. The third-order valence-electron chi connectivity index (χ3n) is 4.37. The fourth-order valence-corrected chi connectivity index (χ4v) is 3.04. The van der Waals surface area contributed by atoms with E-state index in [1.807, 2.05) is 0 Å². The van der Waals surface area contributed by atoms with Crippen molar-refractivity contribution >= 4 is 0 Å². The van der Waals surface area contributed by atoms with Crippen molar-refractivity contribution in [3.63, 3.8) is 0 Å². The lowest BCUT2D eigenvalue weighted by molar-refractivity contribution is 0.317. The highest BCUT2D eigenvalue weighted by Crippen LogP contribution is 2.30. The van der Waals surface area contributed by atoms with Gasteiger partial charge in [-0.05, 0) is 62.3 Å². The number of hydrogen-bond acceptors (Lipinski definition) is 2. The van der Waals surface area contributed by atoms with Crippen LogP contribution in [0, 0.1) is 11.8 Å². The highest BCUT2D eigenvalue weighted by molar-refractivity contribution is 5.28. The zero-order valence-electron chi connectivity index (χ0n) is 13.2. The molecule has 0 radical (unpaired) electrons. The van der Waals surface area contributed by atoms with Crippen LogP contribution in [-0.4, -0.2) is 13.2 Å². The largest absolute Gasteiger partial charge is 0.494 e. The highest BCUT2D eigenvalue weighted by Gasteiger charge is 2.21. The number of rotatable bonds is 7. The molecule has 1 aromatic carbocycles. The molecule has 1 aliphatic carbocycles. The Balaban J connectivity index is 1.78. The van der Waals surface area contributed by atoms with Gasteiger partial charge in [0.05, 0.1) is 6.61 Å². The minimum Gasteiger partial charge on any atom is -0.494 e. The highest BCUT2D eigenvalue weighted by atomic mass is 16.5. The van der Waals surface area contributed by atoms with Gasteiger partial charge in [-0.3, -0.25) is 0 Å². The van der Waals surface area contributed by atoms with Gasteiger partial charge in [0.15, 0.2) is 0 Å². The molecule has 3 atom stereocenters. The van der Waals surface area contributed by atoms with Crippen LogP contribution in [0.5, 0.6) is 5.75 Å². The van der Waals surface area contributed by atoms with Crippen molar-refractivity contribution in [2.75, 3.05) is 13.2 Å². The fourth-order valence-electron chi connectivity index (χ4n) is 3.04. The van der Waals surface area contributed by atoms with E-state index in [4.69, 9.17) is 4.74 Å². The third kappa shape index (κ3) is 4.52. The van der Waals surface area contributed by atoms with E-state index < -0.39 is 0 Å². The molecule has 1 fully saturated rings. The quantitative estimate of drug-likeness (QED) is 0.787. The summed E-state index contributed by atoms with van der Waals surface area (Å²) in [7, 11) is 0. The molecule has 0 aromatic heterocycles. The van der Waals surface area contributed by atoms with Crippen LogP contribution >= 0.6 is 0 Å². The molecule has 1 N–H and O–H groups in total. The average Bonchev–Trinajstić information content (AvgIpc) is 2.89. The van der Waals surface area contributed by atoms with E-state index in [9.17, 15) is 0 Å². The Labute approximate surface area is 123 Å². The van der Waals surface area contributed by atoms with Gasteiger partial charge in [0.25, 0.3) is 0 Å². The minimum absolute atomic E-state index is 0.422. The van der Waals surface area contributed by atoms with Crippen molar-refractivity contribution in [1.82, 2.24) is 5.32 Å². The number of hydrogen-bond donors (Lipinski definition) is 1. The zero-order chi connectivity index (χ0) is 14.4. The molecule has 0 spiro atoms. The monoisotopic (exact) mass is 275 g/mol. The molecule has 0 aliphatic heterocycles. The van der Waals surface area contributed by atoms with Crippen molar-refractivity contribution in [1.29, 1.82) is 0 Å². The Hall–Kier alpha value is -1.02.